The molecule has 0 aliphatic carbocycles. The van der Waals surface area contributed by atoms with E-state index in [0.717, 1.165) is 21.0 Å². The summed E-state index contributed by atoms with van der Waals surface area (Å²) in [6.07, 6.45) is 0. The molecule has 0 fully saturated rings. The molecule has 0 bridgehead atoms. The molecule has 3 aromatic rings. The minimum absolute atomic E-state index is 0.00219. The maximum atomic E-state index is 13.9. The third-order valence-corrected chi connectivity index (χ3v) is 8.19. The standard InChI is InChI=1S/C28H32ClN3O5S/c1-19-6-10-22(11-7-19)17-31(21(3)28(34)30-4)27(33)18-32(25-16-23(29)12-15-26(25)37-5)38(35,36)24-13-8-20(2)9-14-24/h6-16,21H,17-18H2,1-5H3,(H,30,34). The van der Waals surface area contributed by atoms with Gasteiger partial charge in [-0.05, 0) is 56.7 Å². The van der Waals surface area contributed by atoms with Crippen molar-refractivity contribution in [3.05, 3.63) is 88.4 Å². The second kappa shape index (κ2) is 12.3. The van der Waals surface area contributed by atoms with E-state index in [-0.39, 0.29) is 33.8 Å². The number of anilines is 1. The van der Waals surface area contributed by atoms with Gasteiger partial charge in [0.1, 0.15) is 18.3 Å². The first kappa shape index (κ1) is 29.0. The summed E-state index contributed by atoms with van der Waals surface area (Å²) in [7, 11) is -1.34. The Labute approximate surface area is 229 Å². The van der Waals surface area contributed by atoms with Gasteiger partial charge >= 0.3 is 0 Å². The van der Waals surface area contributed by atoms with E-state index >= 15 is 0 Å². The molecular formula is C28H32ClN3O5S. The maximum absolute atomic E-state index is 13.9. The number of carbonyl (C=O) groups is 2. The van der Waals surface area contributed by atoms with E-state index in [0.29, 0.717) is 0 Å². The van der Waals surface area contributed by atoms with Crippen molar-refractivity contribution in [3.63, 3.8) is 0 Å². The van der Waals surface area contributed by atoms with E-state index in [1.165, 1.54) is 43.3 Å². The first-order valence-electron chi connectivity index (χ1n) is 12.0. The zero-order chi connectivity index (χ0) is 28.0. The predicted molar refractivity (Wildman–Crippen MR) is 149 cm³/mol. The Morgan fingerprint density at radius 1 is 0.974 bits per heavy atom. The molecule has 1 unspecified atom stereocenters. The number of aryl methyl sites for hydroxylation is 2. The van der Waals surface area contributed by atoms with Crippen LogP contribution in [-0.4, -0.2) is 51.9 Å². The molecule has 10 heteroatoms. The van der Waals surface area contributed by atoms with Crippen molar-refractivity contribution in [2.24, 2.45) is 0 Å². The number of nitrogens with one attached hydrogen (secondary N) is 1. The van der Waals surface area contributed by atoms with Crippen LogP contribution in [0.1, 0.15) is 23.6 Å². The second-order valence-electron chi connectivity index (χ2n) is 8.94. The molecule has 0 aliphatic heterocycles. The topological polar surface area (TPSA) is 96.0 Å². The smallest absolute Gasteiger partial charge is 0.264 e. The SMILES string of the molecule is CNC(=O)C(C)N(Cc1ccc(C)cc1)C(=O)CN(c1cc(Cl)ccc1OC)S(=O)(=O)c1ccc(C)cc1. The summed E-state index contributed by atoms with van der Waals surface area (Å²) in [4.78, 5) is 27.8. The Kier molecular flexibility index (Phi) is 9.40. The van der Waals surface area contributed by atoms with Gasteiger partial charge in [-0.2, -0.15) is 0 Å². The number of rotatable bonds is 10. The highest BCUT2D eigenvalue weighted by Gasteiger charge is 2.33. The minimum Gasteiger partial charge on any atom is -0.495 e. The average Bonchev–Trinajstić information content (AvgIpc) is 2.90. The molecule has 0 radical (unpaired) electrons. The van der Waals surface area contributed by atoms with E-state index in [2.05, 4.69) is 5.32 Å². The molecule has 0 aliphatic rings. The molecule has 3 rings (SSSR count). The fraction of sp³-hybridized carbons (Fsp3) is 0.286. The highest BCUT2D eigenvalue weighted by atomic mass is 35.5. The first-order valence-corrected chi connectivity index (χ1v) is 13.8. The Morgan fingerprint density at radius 3 is 2.11 bits per heavy atom. The van der Waals surface area contributed by atoms with Crippen LogP contribution in [-0.2, 0) is 26.2 Å². The lowest BCUT2D eigenvalue weighted by Gasteiger charge is -2.32. The molecule has 0 heterocycles. The number of amides is 2. The number of likely N-dealkylation sites (N-methyl/N-ethyl adjacent to an activating group) is 1. The quantitative estimate of drug-likeness (QED) is 0.400. The van der Waals surface area contributed by atoms with E-state index in [1.807, 2.05) is 38.1 Å². The van der Waals surface area contributed by atoms with Crippen LogP contribution in [0.3, 0.4) is 0 Å². The van der Waals surface area contributed by atoms with Crippen LogP contribution in [0.25, 0.3) is 0 Å². The molecule has 0 spiro atoms. The molecule has 1 N–H and O–H groups in total. The first-order chi connectivity index (χ1) is 18.0. The summed E-state index contributed by atoms with van der Waals surface area (Å²) in [5, 5.41) is 2.84. The van der Waals surface area contributed by atoms with Crippen LogP contribution in [0.4, 0.5) is 5.69 Å². The van der Waals surface area contributed by atoms with Crippen LogP contribution in [0.2, 0.25) is 5.02 Å². The van der Waals surface area contributed by atoms with Crippen LogP contribution in [0.15, 0.2) is 71.6 Å². The molecule has 8 nitrogen and oxygen atoms in total. The van der Waals surface area contributed by atoms with Gasteiger partial charge in [0.2, 0.25) is 11.8 Å². The molecule has 0 saturated heterocycles. The van der Waals surface area contributed by atoms with E-state index in [1.54, 1.807) is 25.1 Å². The molecule has 1 atom stereocenters. The van der Waals surface area contributed by atoms with Crippen molar-refractivity contribution in [3.8, 4) is 5.75 Å². The average molecular weight is 558 g/mol. The zero-order valence-corrected chi connectivity index (χ0v) is 23.6. The lowest BCUT2D eigenvalue weighted by molar-refractivity contribution is -0.139. The van der Waals surface area contributed by atoms with Gasteiger partial charge in [0.05, 0.1) is 17.7 Å². The fourth-order valence-corrected chi connectivity index (χ4v) is 5.47. The Balaban J connectivity index is 2.10. The normalized spacial score (nSPS) is 11.9. The number of nitrogens with zero attached hydrogens (tertiary/aromatic N) is 2. The molecule has 202 valence electrons. The minimum atomic E-state index is -4.23. The molecule has 2 amide bonds. The van der Waals surface area contributed by atoms with Crippen LogP contribution in [0, 0.1) is 13.8 Å². The summed E-state index contributed by atoms with van der Waals surface area (Å²) in [6.45, 7) is 4.93. The number of hydrogen-bond donors (Lipinski definition) is 1. The Morgan fingerprint density at radius 2 is 1.55 bits per heavy atom. The molecular weight excluding hydrogens is 526 g/mol. The van der Waals surface area contributed by atoms with Crippen molar-refractivity contribution in [1.29, 1.82) is 0 Å². The van der Waals surface area contributed by atoms with Gasteiger partial charge in [-0.25, -0.2) is 8.42 Å². The largest absolute Gasteiger partial charge is 0.495 e. The molecule has 0 aromatic heterocycles. The molecule has 0 saturated carbocycles. The zero-order valence-electron chi connectivity index (χ0n) is 22.1. The highest BCUT2D eigenvalue weighted by Crippen LogP contribution is 2.35. The number of methoxy groups -OCH3 is 1. The van der Waals surface area contributed by atoms with Crippen molar-refractivity contribution in [2.75, 3.05) is 25.0 Å². The van der Waals surface area contributed by atoms with Gasteiger partial charge in [-0.15, -0.1) is 0 Å². The van der Waals surface area contributed by atoms with Gasteiger partial charge in [0.25, 0.3) is 10.0 Å². The van der Waals surface area contributed by atoms with Gasteiger partial charge in [-0.1, -0.05) is 59.1 Å². The number of sulfonamides is 1. The van der Waals surface area contributed by atoms with Gasteiger partial charge in [-0.3, -0.25) is 13.9 Å². The maximum Gasteiger partial charge on any atom is 0.264 e. The van der Waals surface area contributed by atoms with Crippen molar-refractivity contribution in [2.45, 2.75) is 38.3 Å². The molecule has 38 heavy (non-hydrogen) atoms. The third kappa shape index (κ3) is 6.65. The number of halogens is 1. The van der Waals surface area contributed by atoms with Crippen molar-refractivity contribution in [1.82, 2.24) is 10.2 Å². The highest BCUT2D eigenvalue weighted by molar-refractivity contribution is 7.92. The van der Waals surface area contributed by atoms with E-state index < -0.39 is 28.5 Å². The lowest BCUT2D eigenvalue weighted by atomic mass is 10.1. The van der Waals surface area contributed by atoms with Gasteiger partial charge < -0.3 is 15.0 Å². The summed E-state index contributed by atoms with van der Waals surface area (Å²) in [5.41, 5.74) is 2.84. The Hall–Kier alpha value is -3.56. The van der Waals surface area contributed by atoms with E-state index in [4.69, 9.17) is 16.3 Å². The van der Waals surface area contributed by atoms with Gasteiger partial charge in [0.15, 0.2) is 0 Å². The van der Waals surface area contributed by atoms with Gasteiger partial charge in [0, 0.05) is 18.6 Å². The monoisotopic (exact) mass is 557 g/mol. The number of carbonyl (C=O) groups excluding carboxylic acids is 2. The summed E-state index contributed by atoms with van der Waals surface area (Å²) < 4.78 is 34.2. The third-order valence-electron chi connectivity index (χ3n) is 6.18. The summed E-state index contributed by atoms with van der Waals surface area (Å²) in [6, 6.07) is 17.6. The number of benzene rings is 3. The van der Waals surface area contributed by atoms with Crippen molar-refractivity contribution < 1.29 is 22.7 Å². The lowest BCUT2D eigenvalue weighted by Crippen LogP contribution is -2.50. The predicted octanol–water partition coefficient (Wildman–Crippen LogP) is 4.32. The van der Waals surface area contributed by atoms with E-state index in [9.17, 15) is 18.0 Å². The van der Waals surface area contributed by atoms with Crippen molar-refractivity contribution >= 4 is 39.1 Å². The van der Waals surface area contributed by atoms with Crippen LogP contribution >= 0.6 is 11.6 Å². The summed E-state index contributed by atoms with van der Waals surface area (Å²) in [5.74, 6) is -0.722. The summed E-state index contributed by atoms with van der Waals surface area (Å²) >= 11 is 6.24. The number of hydrogen-bond acceptors (Lipinski definition) is 5. The van der Waals surface area contributed by atoms with Crippen LogP contribution < -0.4 is 14.4 Å². The number of ether oxygens (including phenoxy) is 1. The molecule has 3 aromatic carbocycles. The fourth-order valence-electron chi connectivity index (χ4n) is 3.89. The van der Waals surface area contributed by atoms with Crippen LogP contribution in [0.5, 0.6) is 5.75 Å². The Bertz CT molecular complexity index is 1390. The second-order valence-corrected chi connectivity index (χ2v) is 11.2.